The fourth-order valence-corrected chi connectivity index (χ4v) is 3.49. The molecule has 1 aliphatic rings. The number of aromatic amines is 2. The van der Waals surface area contributed by atoms with Crippen LogP contribution in [0.3, 0.4) is 0 Å². The van der Waals surface area contributed by atoms with Crippen LogP contribution in [0.15, 0.2) is 39.9 Å². The number of ketones is 1. The number of ether oxygens (including phenoxy) is 1. The maximum absolute atomic E-state index is 12.9. The summed E-state index contributed by atoms with van der Waals surface area (Å²) in [5.74, 6) is 0.694. The van der Waals surface area contributed by atoms with Crippen LogP contribution in [0.4, 0.5) is 0 Å². The van der Waals surface area contributed by atoms with Crippen molar-refractivity contribution in [2.45, 2.75) is 39.3 Å². The van der Waals surface area contributed by atoms with Crippen LogP contribution in [0.1, 0.15) is 42.7 Å². The van der Waals surface area contributed by atoms with Gasteiger partial charge in [0.25, 0.3) is 5.56 Å². The number of aromatic nitrogens is 2. The van der Waals surface area contributed by atoms with Gasteiger partial charge >= 0.3 is 5.69 Å². The first-order valence-electron chi connectivity index (χ1n) is 9.26. The van der Waals surface area contributed by atoms with Crippen molar-refractivity contribution < 1.29 is 9.53 Å². The van der Waals surface area contributed by atoms with Crippen molar-refractivity contribution in [3.05, 3.63) is 62.4 Å². The second-order valence-electron chi connectivity index (χ2n) is 7.25. The number of Topliss-reactive ketones (excluding diaryl/α,β-unsaturated/α-hetero) is 1. The van der Waals surface area contributed by atoms with Gasteiger partial charge in [-0.25, -0.2) is 4.79 Å². The summed E-state index contributed by atoms with van der Waals surface area (Å²) in [6.07, 6.45) is 1.78. The van der Waals surface area contributed by atoms with Crippen molar-refractivity contribution in [3.63, 3.8) is 0 Å². The van der Waals surface area contributed by atoms with Gasteiger partial charge in [0, 0.05) is 36.3 Å². The lowest BCUT2D eigenvalue weighted by Gasteiger charge is -2.31. The molecule has 1 atom stereocenters. The van der Waals surface area contributed by atoms with Crippen LogP contribution >= 0.6 is 0 Å². The maximum atomic E-state index is 12.9. The summed E-state index contributed by atoms with van der Waals surface area (Å²) in [5.41, 5.74) is 0.290. The minimum Gasteiger partial charge on any atom is -0.491 e. The van der Waals surface area contributed by atoms with E-state index in [0.717, 1.165) is 19.4 Å². The van der Waals surface area contributed by atoms with Crippen LogP contribution in [0.5, 0.6) is 5.75 Å². The molecule has 144 valence electrons. The fourth-order valence-electron chi connectivity index (χ4n) is 3.49. The number of carbonyl (C=O) groups is 1. The average molecular weight is 371 g/mol. The number of benzene rings is 1. The number of nitrogens with zero attached hydrogens (tertiary/aromatic N) is 1. The van der Waals surface area contributed by atoms with Gasteiger partial charge in [-0.3, -0.25) is 19.5 Å². The number of hydrogen-bond acceptors (Lipinski definition) is 5. The van der Waals surface area contributed by atoms with Gasteiger partial charge < -0.3 is 9.72 Å². The summed E-state index contributed by atoms with van der Waals surface area (Å²) in [5, 5.41) is 0. The number of rotatable bonds is 6. The van der Waals surface area contributed by atoms with E-state index in [2.05, 4.69) is 14.9 Å². The third-order valence-electron chi connectivity index (χ3n) is 4.58. The van der Waals surface area contributed by atoms with E-state index in [-0.39, 0.29) is 17.8 Å². The molecule has 0 amide bonds. The molecule has 7 heteroatoms. The number of hydrogen-bond donors (Lipinski definition) is 2. The Kier molecular flexibility index (Phi) is 5.91. The van der Waals surface area contributed by atoms with Crippen molar-refractivity contribution in [3.8, 4) is 5.75 Å². The van der Waals surface area contributed by atoms with Crippen molar-refractivity contribution >= 4 is 5.78 Å². The molecule has 27 heavy (non-hydrogen) atoms. The van der Waals surface area contributed by atoms with Gasteiger partial charge in [-0.1, -0.05) is 12.1 Å². The van der Waals surface area contributed by atoms with E-state index in [0.29, 0.717) is 30.1 Å². The molecule has 0 aliphatic carbocycles. The molecule has 0 saturated carbocycles. The van der Waals surface area contributed by atoms with Crippen LogP contribution < -0.4 is 16.0 Å². The van der Waals surface area contributed by atoms with Gasteiger partial charge in [-0.05, 0) is 45.4 Å². The van der Waals surface area contributed by atoms with Crippen molar-refractivity contribution in [2.24, 2.45) is 5.92 Å². The zero-order chi connectivity index (χ0) is 19.4. The zero-order valence-electron chi connectivity index (χ0n) is 15.7. The lowest BCUT2D eigenvalue weighted by molar-refractivity contribution is 0.0809. The van der Waals surface area contributed by atoms with Gasteiger partial charge in [0.15, 0.2) is 5.78 Å². The van der Waals surface area contributed by atoms with E-state index in [1.807, 2.05) is 32.0 Å². The first kappa shape index (κ1) is 19.1. The molecule has 2 aromatic rings. The van der Waals surface area contributed by atoms with Gasteiger partial charge in [0.2, 0.25) is 0 Å². The van der Waals surface area contributed by atoms with E-state index in [1.54, 1.807) is 6.07 Å². The molecular formula is C20H25N3O4. The first-order chi connectivity index (χ1) is 12.9. The predicted octanol–water partition coefficient (Wildman–Crippen LogP) is 1.95. The van der Waals surface area contributed by atoms with Crippen LogP contribution in [-0.2, 0) is 6.54 Å². The van der Waals surface area contributed by atoms with E-state index in [9.17, 15) is 14.4 Å². The number of H-pyrrole nitrogens is 2. The molecule has 1 saturated heterocycles. The lowest BCUT2D eigenvalue weighted by atomic mass is 9.90. The van der Waals surface area contributed by atoms with Crippen LogP contribution in [-0.4, -0.2) is 39.8 Å². The Hall–Kier alpha value is -2.67. The van der Waals surface area contributed by atoms with Crippen molar-refractivity contribution in [2.75, 3.05) is 13.1 Å². The van der Waals surface area contributed by atoms with Crippen LogP contribution in [0, 0.1) is 5.92 Å². The van der Waals surface area contributed by atoms with Gasteiger partial charge in [0.05, 0.1) is 6.10 Å². The molecule has 0 radical (unpaired) electrons. The van der Waals surface area contributed by atoms with Gasteiger partial charge in [-0.2, -0.15) is 0 Å². The van der Waals surface area contributed by atoms with Gasteiger partial charge in [-0.15, -0.1) is 0 Å². The molecule has 0 spiro atoms. The molecule has 1 fully saturated rings. The number of piperidine rings is 1. The summed E-state index contributed by atoms with van der Waals surface area (Å²) in [4.78, 5) is 42.7. The molecular weight excluding hydrogens is 346 g/mol. The second-order valence-corrected chi connectivity index (χ2v) is 7.25. The van der Waals surface area contributed by atoms with E-state index in [1.165, 1.54) is 6.07 Å². The summed E-state index contributed by atoms with van der Waals surface area (Å²) < 4.78 is 5.69. The third-order valence-corrected chi connectivity index (χ3v) is 4.58. The Morgan fingerprint density at radius 1 is 1.26 bits per heavy atom. The van der Waals surface area contributed by atoms with E-state index in [4.69, 9.17) is 4.74 Å². The Balaban J connectivity index is 1.69. The highest BCUT2D eigenvalue weighted by molar-refractivity contribution is 5.98. The topological polar surface area (TPSA) is 95.3 Å². The molecule has 1 aromatic heterocycles. The Morgan fingerprint density at radius 2 is 2.07 bits per heavy atom. The third kappa shape index (κ3) is 5.17. The Labute approximate surface area is 157 Å². The molecule has 2 N–H and O–H groups in total. The molecule has 1 aliphatic heterocycles. The van der Waals surface area contributed by atoms with E-state index < -0.39 is 11.2 Å². The molecule has 1 aromatic carbocycles. The number of nitrogens with one attached hydrogen (secondary N) is 2. The summed E-state index contributed by atoms with van der Waals surface area (Å²) in [7, 11) is 0. The first-order valence-corrected chi connectivity index (χ1v) is 9.26. The highest BCUT2D eigenvalue weighted by atomic mass is 16.5. The summed E-state index contributed by atoms with van der Waals surface area (Å²) in [6.45, 7) is 5.77. The monoisotopic (exact) mass is 371 g/mol. The highest BCUT2D eigenvalue weighted by Crippen LogP contribution is 2.24. The average Bonchev–Trinajstić information content (AvgIpc) is 2.60. The Bertz CT molecular complexity index is 887. The maximum Gasteiger partial charge on any atom is 0.325 e. The predicted molar refractivity (Wildman–Crippen MR) is 102 cm³/mol. The highest BCUT2D eigenvalue weighted by Gasteiger charge is 2.27. The van der Waals surface area contributed by atoms with Crippen molar-refractivity contribution in [1.29, 1.82) is 0 Å². The normalized spacial score (nSPS) is 17.8. The largest absolute Gasteiger partial charge is 0.491 e. The summed E-state index contributed by atoms with van der Waals surface area (Å²) >= 11 is 0. The quantitative estimate of drug-likeness (QED) is 0.757. The summed E-state index contributed by atoms with van der Waals surface area (Å²) in [6, 6.07) is 8.71. The smallest absolute Gasteiger partial charge is 0.325 e. The molecule has 1 unspecified atom stereocenters. The zero-order valence-corrected chi connectivity index (χ0v) is 15.7. The molecule has 7 nitrogen and oxygen atoms in total. The molecule has 2 heterocycles. The Morgan fingerprint density at radius 3 is 2.81 bits per heavy atom. The fraction of sp³-hybridized carbons (Fsp3) is 0.450. The van der Waals surface area contributed by atoms with Crippen LogP contribution in [0.2, 0.25) is 0 Å². The SMILES string of the molecule is CC(C)Oc1cccc(C(=O)C2CCCN(Cc3cc(=O)[nH]c(=O)[nH]3)C2)c1. The van der Waals surface area contributed by atoms with Crippen molar-refractivity contribution in [1.82, 2.24) is 14.9 Å². The lowest BCUT2D eigenvalue weighted by Crippen LogP contribution is -2.39. The van der Waals surface area contributed by atoms with Gasteiger partial charge in [0.1, 0.15) is 5.75 Å². The second kappa shape index (κ2) is 8.35. The minimum absolute atomic E-state index is 0.0525. The van der Waals surface area contributed by atoms with E-state index >= 15 is 0 Å². The number of carbonyl (C=O) groups excluding carboxylic acids is 1. The van der Waals surface area contributed by atoms with Crippen LogP contribution in [0.25, 0.3) is 0 Å². The minimum atomic E-state index is -0.510. The molecule has 0 bridgehead atoms. The molecule has 3 rings (SSSR count). The standard InChI is InChI=1S/C20H25N3O4/c1-13(2)27-17-7-3-5-14(9-17)19(25)15-6-4-8-23(11-15)12-16-10-18(24)22-20(26)21-16/h3,5,7,9-10,13,15H,4,6,8,11-12H2,1-2H3,(H2,21,22,24,26). The number of likely N-dealkylation sites (tertiary alicyclic amines) is 1.